The number of oxazole rings is 1. The van der Waals surface area contributed by atoms with Gasteiger partial charge in [-0.3, -0.25) is 4.79 Å². The number of carbonyl (C=O) groups is 1. The van der Waals surface area contributed by atoms with Crippen molar-refractivity contribution >= 4 is 40.2 Å². The Morgan fingerprint density at radius 1 is 1.29 bits per heavy atom. The number of halogens is 1. The summed E-state index contributed by atoms with van der Waals surface area (Å²) >= 11 is 9.05. The van der Waals surface area contributed by atoms with Crippen molar-refractivity contribution < 1.29 is 13.9 Å². The fourth-order valence-electron chi connectivity index (χ4n) is 2.23. The van der Waals surface area contributed by atoms with Gasteiger partial charge < -0.3 is 9.15 Å². The third-order valence-corrected chi connectivity index (χ3v) is 5.86. The van der Waals surface area contributed by atoms with Crippen LogP contribution in [0.4, 0.5) is 0 Å². The van der Waals surface area contributed by atoms with E-state index in [2.05, 4.69) is 18.8 Å². The van der Waals surface area contributed by atoms with Crippen LogP contribution in [0.2, 0.25) is 4.34 Å². The molecule has 3 heterocycles. The second-order valence-corrected chi connectivity index (χ2v) is 8.20. The summed E-state index contributed by atoms with van der Waals surface area (Å²) in [5.74, 6) is 0.786. The average Bonchev–Trinajstić information content (AvgIpc) is 3.20. The van der Waals surface area contributed by atoms with Crippen molar-refractivity contribution in [2.45, 2.75) is 27.2 Å². The van der Waals surface area contributed by atoms with Crippen molar-refractivity contribution in [3.05, 3.63) is 38.7 Å². The summed E-state index contributed by atoms with van der Waals surface area (Å²) in [7, 11) is 0. The van der Waals surface area contributed by atoms with Gasteiger partial charge in [-0.1, -0.05) is 11.6 Å². The van der Waals surface area contributed by atoms with Crippen LogP contribution in [0.25, 0.3) is 21.4 Å². The van der Waals surface area contributed by atoms with E-state index in [-0.39, 0.29) is 12.4 Å². The molecular formula is C17H16ClNO3S2. The van der Waals surface area contributed by atoms with E-state index in [0.29, 0.717) is 28.3 Å². The highest BCUT2D eigenvalue weighted by atomic mass is 35.5. The van der Waals surface area contributed by atoms with Gasteiger partial charge in [-0.2, -0.15) is 0 Å². The minimum absolute atomic E-state index is 0.0749. The van der Waals surface area contributed by atoms with Crippen LogP contribution in [0.15, 0.2) is 22.6 Å². The van der Waals surface area contributed by atoms with Crippen LogP contribution in [-0.2, 0) is 16.0 Å². The van der Waals surface area contributed by atoms with E-state index >= 15 is 0 Å². The SMILES string of the molecule is CCOC(=O)Cc1nc(-c2cc(C)c(C)s2)oc1-c1ccc(Cl)s1. The summed E-state index contributed by atoms with van der Waals surface area (Å²) in [6, 6.07) is 5.72. The predicted octanol–water partition coefficient (Wildman–Crippen LogP) is 5.51. The lowest BCUT2D eigenvalue weighted by Gasteiger charge is -2.00. The van der Waals surface area contributed by atoms with Crippen LogP contribution in [0.1, 0.15) is 23.1 Å². The van der Waals surface area contributed by atoms with Gasteiger partial charge in [0.05, 0.1) is 32.8 Å². The maximum absolute atomic E-state index is 11.9. The number of rotatable bonds is 5. The van der Waals surface area contributed by atoms with Gasteiger partial charge in [0.2, 0.25) is 5.89 Å². The summed E-state index contributed by atoms with van der Waals surface area (Å²) in [4.78, 5) is 19.4. The number of carbonyl (C=O) groups excluding carboxylic acids is 1. The Hall–Kier alpha value is -1.63. The van der Waals surface area contributed by atoms with Gasteiger partial charge in [-0.15, -0.1) is 22.7 Å². The van der Waals surface area contributed by atoms with Gasteiger partial charge in [0, 0.05) is 4.88 Å². The minimum Gasteiger partial charge on any atom is -0.466 e. The molecule has 0 aliphatic heterocycles. The molecule has 24 heavy (non-hydrogen) atoms. The number of hydrogen-bond donors (Lipinski definition) is 0. The molecular weight excluding hydrogens is 366 g/mol. The molecule has 4 nitrogen and oxygen atoms in total. The standard InChI is InChI=1S/C17H16ClNO3S2/c1-4-21-15(20)8-11-16(12-5-6-14(18)24-12)22-17(19-11)13-7-9(2)10(3)23-13/h5-7H,4,8H2,1-3H3. The fraction of sp³-hybridized carbons (Fsp3) is 0.294. The molecule has 0 bridgehead atoms. The summed E-state index contributed by atoms with van der Waals surface area (Å²) < 4.78 is 11.7. The van der Waals surface area contributed by atoms with Crippen molar-refractivity contribution in [2.75, 3.05) is 6.61 Å². The van der Waals surface area contributed by atoms with E-state index in [9.17, 15) is 4.79 Å². The van der Waals surface area contributed by atoms with Crippen molar-refractivity contribution in [1.82, 2.24) is 4.98 Å². The van der Waals surface area contributed by atoms with Crippen molar-refractivity contribution in [1.29, 1.82) is 0 Å². The highest BCUT2D eigenvalue weighted by Crippen LogP contribution is 2.38. The monoisotopic (exact) mass is 381 g/mol. The van der Waals surface area contributed by atoms with E-state index in [4.69, 9.17) is 20.8 Å². The number of hydrogen-bond acceptors (Lipinski definition) is 6. The van der Waals surface area contributed by atoms with E-state index in [1.807, 2.05) is 12.1 Å². The molecule has 126 valence electrons. The molecule has 3 rings (SSSR count). The predicted molar refractivity (Wildman–Crippen MR) is 98.0 cm³/mol. The first-order valence-electron chi connectivity index (χ1n) is 7.46. The Morgan fingerprint density at radius 2 is 2.08 bits per heavy atom. The molecule has 0 unspecified atom stereocenters. The Bertz CT molecular complexity index is 859. The maximum atomic E-state index is 11.9. The molecule has 0 saturated heterocycles. The quantitative estimate of drug-likeness (QED) is 0.547. The molecule has 0 aliphatic carbocycles. The highest BCUT2D eigenvalue weighted by Gasteiger charge is 2.21. The first kappa shape index (κ1) is 17.2. The van der Waals surface area contributed by atoms with Gasteiger partial charge in [0.15, 0.2) is 5.76 Å². The third kappa shape index (κ3) is 3.55. The van der Waals surface area contributed by atoms with Crippen molar-refractivity contribution in [2.24, 2.45) is 0 Å². The summed E-state index contributed by atoms with van der Waals surface area (Å²) in [6.45, 7) is 6.24. The van der Waals surface area contributed by atoms with E-state index < -0.39 is 0 Å². The Labute approximate surface area is 153 Å². The summed E-state index contributed by atoms with van der Waals surface area (Å²) in [6.07, 6.45) is 0.0749. The number of aromatic nitrogens is 1. The fourth-order valence-corrected chi connectivity index (χ4v) is 4.24. The van der Waals surface area contributed by atoms with Gasteiger partial charge in [0.1, 0.15) is 0 Å². The number of ether oxygens (including phenoxy) is 1. The lowest BCUT2D eigenvalue weighted by atomic mass is 10.2. The summed E-state index contributed by atoms with van der Waals surface area (Å²) in [5.41, 5.74) is 1.77. The van der Waals surface area contributed by atoms with Crippen LogP contribution in [0.3, 0.4) is 0 Å². The Kier molecular flexibility index (Phi) is 5.08. The van der Waals surface area contributed by atoms with Crippen LogP contribution >= 0.6 is 34.3 Å². The molecule has 0 spiro atoms. The smallest absolute Gasteiger partial charge is 0.312 e. The molecule has 0 atom stereocenters. The van der Waals surface area contributed by atoms with Gasteiger partial charge >= 0.3 is 5.97 Å². The van der Waals surface area contributed by atoms with E-state index in [1.165, 1.54) is 21.8 Å². The highest BCUT2D eigenvalue weighted by molar-refractivity contribution is 7.19. The molecule has 3 aromatic heterocycles. The molecule has 0 radical (unpaired) electrons. The molecule has 0 amide bonds. The molecule has 0 N–H and O–H groups in total. The second-order valence-electron chi connectivity index (χ2n) is 5.23. The number of esters is 1. The third-order valence-electron chi connectivity index (χ3n) is 3.49. The first-order valence-corrected chi connectivity index (χ1v) is 9.47. The maximum Gasteiger partial charge on any atom is 0.312 e. The molecule has 0 aliphatic rings. The molecule has 7 heteroatoms. The van der Waals surface area contributed by atoms with Gasteiger partial charge in [0.25, 0.3) is 0 Å². The van der Waals surface area contributed by atoms with Crippen molar-refractivity contribution in [3.63, 3.8) is 0 Å². The Balaban J connectivity index is 2.03. The van der Waals surface area contributed by atoms with E-state index in [1.54, 1.807) is 24.3 Å². The number of aryl methyl sites for hydroxylation is 2. The summed E-state index contributed by atoms with van der Waals surface area (Å²) in [5, 5.41) is 0. The zero-order chi connectivity index (χ0) is 17.3. The normalized spacial score (nSPS) is 11.0. The zero-order valence-electron chi connectivity index (χ0n) is 13.5. The molecule has 3 aromatic rings. The largest absolute Gasteiger partial charge is 0.466 e. The second kappa shape index (κ2) is 7.09. The molecule has 0 aromatic carbocycles. The van der Waals surface area contributed by atoms with Crippen LogP contribution in [0, 0.1) is 13.8 Å². The molecule has 0 saturated carbocycles. The van der Waals surface area contributed by atoms with Crippen LogP contribution in [0.5, 0.6) is 0 Å². The zero-order valence-corrected chi connectivity index (χ0v) is 15.9. The number of thiophene rings is 2. The number of nitrogens with zero attached hydrogens (tertiary/aromatic N) is 1. The first-order chi connectivity index (χ1) is 11.5. The lowest BCUT2D eigenvalue weighted by Crippen LogP contribution is -2.08. The lowest BCUT2D eigenvalue weighted by molar-refractivity contribution is -0.142. The topological polar surface area (TPSA) is 52.3 Å². The minimum atomic E-state index is -0.320. The van der Waals surface area contributed by atoms with Gasteiger partial charge in [-0.25, -0.2) is 4.98 Å². The Morgan fingerprint density at radius 3 is 2.67 bits per heavy atom. The van der Waals surface area contributed by atoms with Crippen LogP contribution < -0.4 is 0 Å². The van der Waals surface area contributed by atoms with Crippen molar-refractivity contribution in [3.8, 4) is 21.4 Å². The van der Waals surface area contributed by atoms with E-state index in [0.717, 1.165) is 9.75 Å². The van der Waals surface area contributed by atoms with Gasteiger partial charge in [-0.05, 0) is 44.5 Å². The van der Waals surface area contributed by atoms with Crippen LogP contribution in [-0.4, -0.2) is 17.6 Å². The molecule has 0 fully saturated rings. The average molecular weight is 382 g/mol.